The Labute approximate surface area is 214 Å². The lowest BCUT2D eigenvalue weighted by Gasteiger charge is -2.32. The van der Waals surface area contributed by atoms with Crippen molar-refractivity contribution in [3.05, 3.63) is 59.2 Å². The summed E-state index contributed by atoms with van der Waals surface area (Å²) >= 11 is 0. The van der Waals surface area contributed by atoms with Gasteiger partial charge in [-0.3, -0.25) is 9.59 Å². The van der Waals surface area contributed by atoms with Crippen molar-refractivity contribution in [2.45, 2.75) is 46.1 Å². The number of carbonyl (C=O) groups excluding carboxylic acids is 2. The van der Waals surface area contributed by atoms with Gasteiger partial charge in [0.05, 0.1) is 5.69 Å². The number of nitrogens with one attached hydrogen (secondary N) is 1. The number of amidine groups is 1. The molecule has 7 heteroatoms. The van der Waals surface area contributed by atoms with Crippen molar-refractivity contribution in [1.82, 2.24) is 15.1 Å². The minimum atomic E-state index is 0.0351. The number of benzene rings is 2. The second-order valence-electron chi connectivity index (χ2n) is 9.70. The van der Waals surface area contributed by atoms with E-state index >= 15 is 0 Å². The van der Waals surface area contributed by atoms with Crippen LogP contribution >= 0.6 is 0 Å². The fourth-order valence-corrected chi connectivity index (χ4v) is 4.87. The summed E-state index contributed by atoms with van der Waals surface area (Å²) in [6.07, 6.45) is 4.11. The molecule has 2 heterocycles. The summed E-state index contributed by atoms with van der Waals surface area (Å²) in [6.45, 7) is 9.99. The Bertz CT molecular complexity index is 1160. The van der Waals surface area contributed by atoms with Crippen LogP contribution in [0.5, 0.6) is 0 Å². The molecule has 36 heavy (non-hydrogen) atoms. The summed E-state index contributed by atoms with van der Waals surface area (Å²) in [5.41, 5.74) is 11.2. The SMILES string of the molecule is CCCN(CCC)C(=O)C1=Cc2ccc(-c3ccc(C(=O)N4CCN[C@@H](C)C4)cc3)cc2N=C(N)C1. The Morgan fingerprint density at radius 2 is 1.78 bits per heavy atom. The van der Waals surface area contributed by atoms with Crippen LogP contribution in [-0.4, -0.2) is 66.2 Å². The van der Waals surface area contributed by atoms with Crippen LogP contribution in [0.3, 0.4) is 0 Å². The van der Waals surface area contributed by atoms with E-state index in [0.29, 0.717) is 29.4 Å². The highest BCUT2D eigenvalue weighted by Gasteiger charge is 2.23. The monoisotopic (exact) mass is 487 g/mol. The van der Waals surface area contributed by atoms with Crippen molar-refractivity contribution in [3.8, 4) is 11.1 Å². The zero-order valence-corrected chi connectivity index (χ0v) is 21.6. The fourth-order valence-electron chi connectivity index (χ4n) is 4.87. The van der Waals surface area contributed by atoms with Crippen LogP contribution in [0.2, 0.25) is 0 Å². The summed E-state index contributed by atoms with van der Waals surface area (Å²) in [5.74, 6) is 0.536. The van der Waals surface area contributed by atoms with Crippen LogP contribution in [0.1, 0.15) is 56.0 Å². The molecule has 4 rings (SSSR count). The Kier molecular flexibility index (Phi) is 8.21. The second kappa shape index (κ2) is 11.5. The first-order valence-corrected chi connectivity index (χ1v) is 13.0. The molecule has 0 saturated carbocycles. The van der Waals surface area contributed by atoms with Crippen LogP contribution < -0.4 is 11.1 Å². The summed E-state index contributed by atoms with van der Waals surface area (Å²) in [7, 11) is 0. The molecular weight excluding hydrogens is 450 g/mol. The van der Waals surface area contributed by atoms with Gasteiger partial charge in [0, 0.05) is 61.9 Å². The summed E-state index contributed by atoms with van der Waals surface area (Å²) < 4.78 is 0. The number of nitrogens with zero attached hydrogens (tertiary/aromatic N) is 3. The van der Waals surface area contributed by atoms with E-state index in [1.54, 1.807) is 0 Å². The molecule has 2 aliphatic heterocycles. The van der Waals surface area contributed by atoms with E-state index < -0.39 is 0 Å². The highest BCUT2D eigenvalue weighted by atomic mass is 16.2. The van der Waals surface area contributed by atoms with Crippen LogP contribution in [0.25, 0.3) is 17.2 Å². The molecule has 7 nitrogen and oxygen atoms in total. The zero-order chi connectivity index (χ0) is 25.7. The van der Waals surface area contributed by atoms with E-state index in [-0.39, 0.29) is 11.8 Å². The van der Waals surface area contributed by atoms with E-state index in [1.807, 2.05) is 58.3 Å². The van der Waals surface area contributed by atoms with Crippen molar-refractivity contribution >= 4 is 29.4 Å². The number of amides is 2. The van der Waals surface area contributed by atoms with Crippen molar-refractivity contribution in [3.63, 3.8) is 0 Å². The molecule has 0 aliphatic carbocycles. The molecule has 2 aliphatic rings. The first kappa shape index (κ1) is 25.6. The molecule has 2 aromatic rings. The predicted molar refractivity (Wildman–Crippen MR) is 146 cm³/mol. The van der Waals surface area contributed by atoms with E-state index in [4.69, 9.17) is 5.73 Å². The standard InChI is InChI=1S/C29H37N5O2/c1-4-13-33(14-5-2)29(36)25-16-24-11-10-23(17-26(24)32-27(30)18-25)21-6-8-22(9-7-21)28(35)34-15-12-31-20(3)19-34/h6-11,16-17,20,31H,4-5,12-15,18-19H2,1-3H3,(H2,30,32)/t20-/m0/s1. The number of rotatable bonds is 7. The van der Waals surface area contributed by atoms with Crippen LogP contribution in [0.15, 0.2) is 53.0 Å². The summed E-state index contributed by atoms with van der Waals surface area (Å²) in [6, 6.07) is 14.0. The third kappa shape index (κ3) is 5.85. The summed E-state index contributed by atoms with van der Waals surface area (Å²) in [4.78, 5) is 34.6. The molecule has 0 spiro atoms. The molecule has 190 valence electrons. The van der Waals surface area contributed by atoms with E-state index in [1.165, 1.54) is 0 Å². The molecule has 3 N–H and O–H groups in total. The van der Waals surface area contributed by atoms with Crippen LogP contribution in [0, 0.1) is 0 Å². The van der Waals surface area contributed by atoms with Gasteiger partial charge in [-0.15, -0.1) is 0 Å². The number of piperazine rings is 1. The molecular formula is C29H37N5O2. The first-order valence-electron chi connectivity index (χ1n) is 13.0. The van der Waals surface area contributed by atoms with Crippen molar-refractivity contribution in [2.75, 3.05) is 32.7 Å². The molecule has 1 saturated heterocycles. The molecule has 2 aromatic carbocycles. The van der Waals surface area contributed by atoms with Gasteiger partial charge in [0.1, 0.15) is 5.84 Å². The number of aliphatic imine (C=N–C) groups is 1. The number of carbonyl (C=O) groups is 2. The van der Waals surface area contributed by atoms with Gasteiger partial charge < -0.3 is 20.9 Å². The van der Waals surface area contributed by atoms with E-state index in [0.717, 1.165) is 67.9 Å². The minimum Gasteiger partial charge on any atom is -0.387 e. The zero-order valence-electron chi connectivity index (χ0n) is 21.6. The minimum absolute atomic E-state index is 0.0351. The van der Waals surface area contributed by atoms with Gasteiger partial charge in [-0.05, 0) is 55.2 Å². The average molecular weight is 488 g/mol. The van der Waals surface area contributed by atoms with Crippen LogP contribution in [0.4, 0.5) is 5.69 Å². The molecule has 0 bridgehead atoms. The van der Waals surface area contributed by atoms with E-state index in [2.05, 4.69) is 31.1 Å². The lowest BCUT2D eigenvalue weighted by atomic mass is 9.99. The maximum absolute atomic E-state index is 13.2. The molecule has 0 radical (unpaired) electrons. The average Bonchev–Trinajstić information content (AvgIpc) is 3.05. The highest BCUT2D eigenvalue weighted by Crippen LogP contribution is 2.32. The molecule has 2 amide bonds. The Morgan fingerprint density at radius 3 is 2.44 bits per heavy atom. The van der Waals surface area contributed by atoms with Gasteiger partial charge in [-0.25, -0.2) is 4.99 Å². The largest absolute Gasteiger partial charge is 0.387 e. The molecule has 0 aromatic heterocycles. The molecule has 0 unspecified atom stereocenters. The van der Waals surface area contributed by atoms with E-state index in [9.17, 15) is 9.59 Å². The normalized spacial score (nSPS) is 17.5. The smallest absolute Gasteiger partial charge is 0.253 e. The third-order valence-electron chi connectivity index (χ3n) is 6.67. The van der Waals surface area contributed by atoms with Gasteiger partial charge in [0.2, 0.25) is 5.91 Å². The van der Waals surface area contributed by atoms with Gasteiger partial charge >= 0.3 is 0 Å². The third-order valence-corrected chi connectivity index (χ3v) is 6.67. The van der Waals surface area contributed by atoms with Crippen molar-refractivity contribution < 1.29 is 9.59 Å². The molecule has 1 atom stereocenters. The Balaban J connectivity index is 1.56. The Hall–Kier alpha value is -3.45. The second-order valence-corrected chi connectivity index (χ2v) is 9.70. The topological polar surface area (TPSA) is 91.0 Å². The lowest BCUT2D eigenvalue weighted by Crippen LogP contribution is -2.51. The van der Waals surface area contributed by atoms with Gasteiger partial charge in [0.25, 0.3) is 5.91 Å². The predicted octanol–water partition coefficient (Wildman–Crippen LogP) is 4.21. The number of nitrogens with two attached hydrogens (primary N) is 1. The fraction of sp³-hybridized carbons (Fsp3) is 0.414. The maximum atomic E-state index is 13.2. The first-order chi connectivity index (χ1) is 17.4. The van der Waals surface area contributed by atoms with Crippen molar-refractivity contribution in [2.24, 2.45) is 10.7 Å². The molecule has 1 fully saturated rings. The van der Waals surface area contributed by atoms with Crippen molar-refractivity contribution in [1.29, 1.82) is 0 Å². The number of hydrogen-bond donors (Lipinski definition) is 2. The quantitative estimate of drug-likeness (QED) is 0.612. The van der Waals surface area contributed by atoms with Gasteiger partial charge in [0.15, 0.2) is 0 Å². The number of fused-ring (bicyclic) bond motifs is 1. The highest BCUT2D eigenvalue weighted by molar-refractivity contribution is 6.05. The van der Waals surface area contributed by atoms with Gasteiger partial charge in [-0.1, -0.05) is 38.1 Å². The van der Waals surface area contributed by atoms with Gasteiger partial charge in [-0.2, -0.15) is 0 Å². The Morgan fingerprint density at radius 1 is 1.08 bits per heavy atom. The summed E-state index contributed by atoms with van der Waals surface area (Å²) in [5, 5.41) is 3.37. The lowest BCUT2D eigenvalue weighted by molar-refractivity contribution is -0.127. The van der Waals surface area contributed by atoms with Crippen LogP contribution in [-0.2, 0) is 4.79 Å². The number of hydrogen-bond acceptors (Lipinski definition) is 5. The maximum Gasteiger partial charge on any atom is 0.253 e.